The summed E-state index contributed by atoms with van der Waals surface area (Å²) in [6, 6.07) is -0.560. The van der Waals surface area contributed by atoms with Crippen LogP contribution in [0.2, 0.25) is 0 Å². The van der Waals surface area contributed by atoms with Crippen LogP contribution in [0.1, 0.15) is 26.7 Å². The Labute approximate surface area is 106 Å². The van der Waals surface area contributed by atoms with Crippen LogP contribution in [0.3, 0.4) is 0 Å². The first-order valence-electron chi connectivity index (χ1n) is 5.93. The number of nitrogens with zero attached hydrogens (tertiary/aromatic N) is 1. The van der Waals surface area contributed by atoms with Crippen LogP contribution in [-0.4, -0.2) is 53.1 Å². The van der Waals surface area contributed by atoms with Crippen molar-refractivity contribution in [3.05, 3.63) is 0 Å². The summed E-state index contributed by atoms with van der Waals surface area (Å²) in [6.45, 7) is 3.28. The summed E-state index contributed by atoms with van der Waals surface area (Å²) in [5.41, 5.74) is -0.971. The van der Waals surface area contributed by atoms with Gasteiger partial charge in [0.15, 0.2) is 0 Å². The summed E-state index contributed by atoms with van der Waals surface area (Å²) >= 11 is 0. The molecule has 7 nitrogen and oxygen atoms in total. The van der Waals surface area contributed by atoms with Gasteiger partial charge in [-0.25, -0.2) is 4.79 Å². The SMILES string of the molecule is CCCC(C)(O)CNC(=O)CN1C(=O)CNC1=O. The maximum Gasteiger partial charge on any atom is 0.325 e. The van der Waals surface area contributed by atoms with Crippen molar-refractivity contribution in [2.24, 2.45) is 0 Å². The number of rotatable bonds is 6. The Morgan fingerprint density at radius 3 is 2.72 bits per heavy atom. The highest BCUT2D eigenvalue weighted by molar-refractivity contribution is 6.04. The molecule has 4 amide bonds. The Kier molecular flexibility index (Phi) is 4.66. The fourth-order valence-corrected chi connectivity index (χ4v) is 1.73. The first-order chi connectivity index (χ1) is 8.35. The predicted molar refractivity (Wildman–Crippen MR) is 63.7 cm³/mol. The van der Waals surface area contributed by atoms with Crippen LogP contribution < -0.4 is 10.6 Å². The third-order valence-corrected chi connectivity index (χ3v) is 2.69. The van der Waals surface area contributed by atoms with Gasteiger partial charge in [-0.2, -0.15) is 0 Å². The van der Waals surface area contributed by atoms with E-state index in [1.165, 1.54) is 0 Å². The normalized spacial score (nSPS) is 18.5. The molecule has 1 aliphatic heterocycles. The summed E-state index contributed by atoms with van der Waals surface area (Å²) in [5.74, 6) is -0.882. The molecule has 0 radical (unpaired) electrons. The van der Waals surface area contributed by atoms with Crippen molar-refractivity contribution in [3.8, 4) is 0 Å². The maximum absolute atomic E-state index is 11.5. The van der Waals surface area contributed by atoms with E-state index >= 15 is 0 Å². The highest BCUT2D eigenvalue weighted by Crippen LogP contribution is 2.09. The van der Waals surface area contributed by atoms with Crippen LogP contribution in [0.4, 0.5) is 4.79 Å². The van der Waals surface area contributed by atoms with Gasteiger partial charge in [0.25, 0.3) is 5.91 Å². The van der Waals surface area contributed by atoms with E-state index in [1.54, 1.807) is 6.92 Å². The largest absolute Gasteiger partial charge is 0.388 e. The Morgan fingerprint density at radius 1 is 1.56 bits per heavy atom. The minimum absolute atomic E-state index is 0.0698. The quantitative estimate of drug-likeness (QED) is 0.543. The molecule has 0 saturated carbocycles. The molecule has 0 aliphatic carbocycles. The van der Waals surface area contributed by atoms with Crippen molar-refractivity contribution < 1.29 is 19.5 Å². The van der Waals surface area contributed by atoms with Crippen molar-refractivity contribution in [2.75, 3.05) is 19.6 Å². The monoisotopic (exact) mass is 257 g/mol. The van der Waals surface area contributed by atoms with Gasteiger partial charge >= 0.3 is 6.03 Å². The standard InChI is InChI=1S/C11H19N3O4/c1-3-4-11(2,18)7-13-8(15)6-14-9(16)5-12-10(14)17/h18H,3-7H2,1-2H3,(H,12,17)(H,13,15). The average molecular weight is 257 g/mol. The van der Waals surface area contributed by atoms with Crippen molar-refractivity contribution >= 4 is 17.8 Å². The molecule has 0 aromatic rings. The van der Waals surface area contributed by atoms with Crippen LogP contribution in [0.25, 0.3) is 0 Å². The molecule has 102 valence electrons. The van der Waals surface area contributed by atoms with E-state index in [1.807, 2.05) is 6.92 Å². The molecule has 1 heterocycles. The van der Waals surface area contributed by atoms with E-state index in [4.69, 9.17) is 0 Å². The fourth-order valence-electron chi connectivity index (χ4n) is 1.73. The first kappa shape index (κ1) is 14.4. The molecule has 0 bridgehead atoms. The van der Waals surface area contributed by atoms with Crippen LogP contribution >= 0.6 is 0 Å². The van der Waals surface area contributed by atoms with Gasteiger partial charge in [0.1, 0.15) is 6.54 Å². The van der Waals surface area contributed by atoms with Gasteiger partial charge < -0.3 is 15.7 Å². The number of nitrogens with one attached hydrogen (secondary N) is 2. The van der Waals surface area contributed by atoms with E-state index < -0.39 is 23.4 Å². The summed E-state index contributed by atoms with van der Waals surface area (Å²) in [5, 5.41) is 14.7. The lowest BCUT2D eigenvalue weighted by Crippen LogP contribution is -2.46. The molecule has 0 spiro atoms. The van der Waals surface area contributed by atoms with Crippen molar-refractivity contribution in [2.45, 2.75) is 32.3 Å². The molecular formula is C11H19N3O4. The van der Waals surface area contributed by atoms with Crippen LogP contribution in [0, 0.1) is 0 Å². The number of carbonyl (C=O) groups excluding carboxylic acids is 3. The molecule has 1 saturated heterocycles. The molecular weight excluding hydrogens is 238 g/mol. The minimum atomic E-state index is -0.971. The summed E-state index contributed by atoms with van der Waals surface area (Å²) in [4.78, 5) is 34.8. The molecule has 0 aromatic carbocycles. The second kappa shape index (κ2) is 5.81. The van der Waals surface area contributed by atoms with Crippen molar-refractivity contribution in [1.29, 1.82) is 0 Å². The van der Waals surface area contributed by atoms with Gasteiger partial charge in [0.05, 0.1) is 12.1 Å². The average Bonchev–Trinajstić information content (AvgIpc) is 2.58. The number of aliphatic hydroxyl groups is 1. The number of carbonyl (C=O) groups is 3. The van der Waals surface area contributed by atoms with Crippen LogP contribution in [0.15, 0.2) is 0 Å². The van der Waals surface area contributed by atoms with Crippen molar-refractivity contribution in [3.63, 3.8) is 0 Å². The van der Waals surface area contributed by atoms with Crippen molar-refractivity contribution in [1.82, 2.24) is 15.5 Å². The maximum atomic E-state index is 11.5. The van der Waals surface area contributed by atoms with Gasteiger partial charge in [-0.15, -0.1) is 0 Å². The fraction of sp³-hybridized carbons (Fsp3) is 0.727. The summed E-state index contributed by atoms with van der Waals surface area (Å²) in [6.07, 6.45) is 1.37. The smallest absolute Gasteiger partial charge is 0.325 e. The van der Waals surface area contributed by atoms with E-state index in [0.29, 0.717) is 6.42 Å². The number of urea groups is 1. The highest BCUT2D eigenvalue weighted by Gasteiger charge is 2.30. The molecule has 0 aromatic heterocycles. The van der Waals surface area contributed by atoms with E-state index in [2.05, 4.69) is 10.6 Å². The van der Waals surface area contributed by atoms with E-state index in [0.717, 1.165) is 11.3 Å². The topological polar surface area (TPSA) is 98.7 Å². The molecule has 1 fully saturated rings. The lowest BCUT2D eigenvalue weighted by Gasteiger charge is -2.23. The second-order valence-electron chi connectivity index (χ2n) is 4.66. The van der Waals surface area contributed by atoms with Gasteiger partial charge in [-0.1, -0.05) is 13.3 Å². The Bertz CT molecular complexity index is 338. The second-order valence-corrected chi connectivity index (χ2v) is 4.66. The number of amides is 4. The highest BCUT2D eigenvalue weighted by atomic mass is 16.3. The lowest BCUT2D eigenvalue weighted by molar-refractivity contribution is -0.131. The zero-order valence-electron chi connectivity index (χ0n) is 10.7. The number of hydrogen-bond donors (Lipinski definition) is 3. The molecule has 7 heteroatoms. The van der Waals surface area contributed by atoms with Crippen LogP contribution in [-0.2, 0) is 9.59 Å². The van der Waals surface area contributed by atoms with E-state index in [-0.39, 0.29) is 19.6 Å². The molecule has 1 unspecified atom stereocenters. The number of imide groups is 1. The minimum Gasteiger partial charge on any atom is -0.388 e. The third-order valence-electron chi connectivity index (χ3n) is 2.69. The zero-order valence-corrected chi connectivity index (χ0v) is 10.7. The van der Waals surface area contributed by atoms with Gasteiger partial charge in [0.2, 0.25) is 5.91 Å². The summed E-state index contributed by atoms with van der Waals surface area (Å²) < 4.78 is 0. The zero-order chi connectivity index (χ0) is 13.8. The van der Waals surface area contributed by atoms with Crippen LogP contribution in [0.5, 0.6) is 0 Å². The van der Waals surface area contributed by atoms with Gasteiger partial charge in [0, 0.05) is 6.54 Å². The predicted octanol–water partition coefficient (Wildman–Crippen LogP) is -0.794. The molecule has 18 heavy (non-hydrogen) atoms. The lowest BCUT2D eigenvalue weighted by atomic mass is 10.0. The Morgan fingerprint density at radius 2 is 2.22 bits per heavy atom. The number of hydrogen-bond acceptors (Lipinski definition) is 4. The Hall–Kier alpha value is -1.63. The molecule has 3 N–H and O–H groups in total. The van der Waals surface area contributed by atoms with Gasteiger partial charge in [-0.3, -0.25) is 14.5 Å². The third kappa shape index (κ3) is 3.99. The van der Waals surface area contributed by atoms with E-state index in [9.17, 15) is 19.5 Å². The summed E-state index contributed by atoms with van der Waals surface area (Å²) in [7, 11) is 0. The molecule has 1 aliphatic rings. The first-order valence-corrected chi connectivity index (χ1v) is 5.93. The Balaban J connectivity index is 2.38. The molecule has 1 atom stereocenters. The molecule has 1 rings (SSSR count). The van der Waals surface area contributed by atoms with Gasteiger partial charge in [-0.05, 0) is 13.3 Å².